The molecular formula is C23H25N3O5. The third kappa shape index (κ3) is 4.91. The van der Waals surface area contributed by atoms with E-state index in [9.17, 15) is 14.4 Å². The molecule has 0 spiro atoms. The maximum Gasteiger partial charge on any atom is 0.328 e. The summed E-state index contributed by atoms with van der Waals surface area (Å²) in [4.78, 5) is 39.9. The first-order valence-electron chi connectivity index (χ1n) is 10.0. The van der Waals surface area contributed by atoms with Crippen LogP contribution in [-0.4, -0.2) is 42.5 Å². The lowest BCUT2D eigenvalue weighted by Crippen LogP contribution is -2.17. The van der Waals surface area contributed by atoms with Gasteiger partial charge in [0.15, 0.2) is 5.78 Å². The second kappa shape index (κ2) is 9.42. The van der Waals surface area contributed by atoms with Crippen molar-refractivity contribution in [2.75, 3.05) is 0 Å². The summed E-state index contributed by atoms with van der Waals surface area (Å²) in [5.41, 5.74) is 5.38. The highest BCUT2D eigenvalue weighted by molar-refractivity contribution is 6.10. The van der Waals surface area contributed by atoms with Gasteiger partial charge in [-0.2, -0.15) is 0 Å². The van der Waals surface area contributed by atoms with Crippen LogP contribution < -0.4 is 0 Å². The number of para-hydroxylation sites is 1. The maximum absolute atomic E-state index is 13.3. The van der Waals surface area contributed by atoms with Crippen molar-refractivity contribution in [3.05, 3.63) is 65.4 Å². The predicted molar refractivity (Wildman–Crippen MR) is 115 cm³/mol. The number of aryl methyl sites for hydroxylation is 2. The smallest absolute Gasteiger partial charge is 0.328 e. The molecule has 1 unspecified atom stereocenters. The number of benzene rings is 1. The molecule has 1 atom stereocenters. The van der Waals surface area contributed by atoms with Gasteiger partial charge in [0.1, 0.15) is 0 Å². The van der Waals surface area contributed by atoms with E-state index in [4.69, 9.17) is 10.2 Å². The van der Waals surface area contributed by atoms with Crippen molar-refractivity contribution in [1.29, 1.82) is 0 Å². The van der Waals surface area contributed by atoms with Gasteiger partial charge in [0, 0.05) is 59.4 Å². The topological polar surface area (TPSA) is 125 Å². The van der Waals surface area contributed by atoms with Crippen LogP contribution in [0.25, 0.3) is 10.9 Å². The van der Waals surface area contributed by atoms with Crippen molar-refractivity contribution in [2.24, 2.45) is 13.0 Å². The van der Waals surface area contributed by atoms with Crippen LogP contribution in [0.2, 0.25) is 0 Å². The van der Waals surface area contributed by atoms with Crippen LogP contribution in [-0.2, 0) is 29.5 Å². The van der Waals surface area contributed by atoms with Gasteiger partial charge in [-0.3, -0.25) is 4.79 Å². The first-order chi connectivity index (χ1) is 14.8. The summed E-state index contributed by atoms with van der Waals surface area (Å²) in [5.74, 6) is -2.19. The zero-order chi connectivity index (χ0) is 22.5. The van der Waals surface area contributed by atoms with Crippen LogP contribution in [0, 0.1) is 12.8 Å². The molecule has 0 radical (unpaired) electrons. The van der Waals surface area contributed by atoms with E-state index in [0.29, 0.717) is 12.2 Å². The fourth-order valence-electron chi connectivity index (χ4n) is 4.03. The van der Waals surface area contributed by atoms with Crippen LogP contribution in [0.5, 0.6) is 0 Å². The van der Waals surface area contributed by atoms with Crippen LogP contribution in [0.1, 0.15) is 40.3 Å². The summed E-state index contributed by atoms with van der Waals surface area (Å²) in [6, 6.07) is 8.24. The van der Waals surface area contributed by atoms with Crippen molar-refractivity contribution >= 4 is 28.6 Å². The number of carboxylic acids is 2. The highest BCUT2D eigenvalue weighted by Gasteiger charge is 2.30. The number of carbonyl (C=O) groups excluding carboxylic acids is 1. The molecule has 3 N–H and O–H groups in total. The number of fused-ring (bicyclic) bond motifs is 3. The quantitative estimate of drug-likeness (QED) is 0.437. The Morgan fingerprint density at radius 3 is 2.52 bits per heavy atom. The van der Waals surface area contributed by atoms with E-state index >= 15 is 0 Å². The molecule has 0 amide bonds. The summed E-state index contributed by atoms with van der Waals surface area (Å²) in [5, 5.41) is 16.7. The number of aromatic nitrogens is 3. The Hall–Kier alpha value is -3.68. The number of carbonyl (C=O) groups is 3. The molecule has 2 aromatic heterocycles. The molecule has 0 fully saturated rings. The Bertz CT molecular complexity index is 1140. The molecule has 0 saturated heterocycles. The van der Waals surface area contributed by atoms with Crippen LogP contribution in [0.15, 0.2) is 42.7 Å². The van der Waals surface area contributed by atoms with E-state index in [1.807, 2.05) is 19.1 Å². The van der Waals surface area contributed by atoms with Crippen molar-refractivity contribution in [2.45, 2.75) is 32.6 Å². The molecule has 162 valence electrons. The van der Waals surface area contributed by atoms with Gasteiger partial charge in [-0.05, 0) is 32.3 Å². The standard InChI is InChI=1S/C19H21N3O.C4H4O4/c1-12-15(21-11-20-12)10-13-6-5-9-17-18(19(13)23)14-7-3-4-8-16(14)22(17)2;5-3(6)1-2-4(7)8/h3-4,7-8,11,13H,5-6,9-10H2,1-2H3,(H,20,21);1-2H,(H,5,6)(H,7,8). The number of aliphatic carboxylic acids is 2. The molecule has 1 aromatic carbocycles. The Labute approximate surface area is 179 Å². The molecule has 31 heavy (non-hydrogen) atoms. The fourth-order valence-corrected chi connectivity index (χ4v) is 4.03. The first kappa shape index (κ1) is 22.0. The number of hydrogen-bond acceptors (Lipinski definition) is 4. The lowest BCUT2D eigenvalue weighted by Gasteiger charge is -2.12. The van der Waals surface area contributed by atoms with E-state index in [2.05, 4.69) is 33.7 Å². The second-order valence-electron chi connectivity index (χ2n) is 7.54. The minimum atomic E-state index is -1.26. The molecule has 1 aliphatic carbocycles. The number of ketones is 1. The lowest BCUT2D eigenvalue weighted by molar-refractivity contribution is -0.134. The number of aromatic amines is 1. The van der Waals surface area contributed by atoms with E-state index in [1.54, 1.807) is 6.33 Å². The molecule has 0 bridgehead atoms. The second-order valence-corrected chi connectivity index (χ2v) is 7.54. The predicted octanol–water partition coefficient (Wildman–Crippen LogP) is 3.30. The van der Waals surface area contributed by atoms with Gasteiger partial charge < -0.3 is 19.8 Å². The molecule has 0 aliphatic heterocycles. The molecule has 8 nitrogen and oxygen atoms in total. The van der Waals surface area contributed by atoms with Gasteiger partial charge in [0.2, 0.25) is 0 Å². The molecule has 4 rings (SSSR count). The molecular weight excluding hydrogens is 398 g/mol. The average molecular weight is 423 g/mol. The minimum Gasteiger partial charge on any atom is -0.478 e. The Kier molecular flexibility index (Phi) is 6.69. The highest BCUT2D eigenvalue weighted by Crippen LogP contribution is 2.33. The first-order valence-corrected chi connectivity index (χ1v) is 10.0. The normalized spacial score (nSPS) is 15.9. The van der Waals surface area contributed by atoms with E-state index in [1.165, 1.54) is 5.69 Å². The van der Waals surface area contributed by atoms with Gasteiger partial charge in [0.25, 0.3) is 0 Å². The SMILES string of the molecule is Cc1[nH]cnc1CC1CCCc2c(c3ccccc3n2C)C1=O.O=C(O)C=CC(=O)O. The summed E-state index contributed by atoms with van der Waals surface area (Å²) >= 11 is 0. The fraction of sp³-hybridized carbons (Fsp3) is 0.304. The molecule has 3 aromatic rings. The molecule has 1 aliphatic rings. The molecule has 8 heteroatoms. The number of imidazole rings is 1. The highest BCUT2D eigenvalue weighted by atomic mass is 16.4. The minimum absolute atomic E-state index is 0.0315. The largest absolute Gasteiger partial charge is 0.478 e. The van der Waals surface area contributed by atoms with Crippen LogP contribution >= 0.6 is 0 Å². The number of Topliss-reactive ketones (excluding diaryl/α,β-unsaturated/α-hetero) is 1. The Balaban J connectivity index is 0.000000293. The Morgan fingerprint density at radius 2 is 1.90 bits per heavy atom. The molecule has 0 saturated carbocycles. The van der Waals surface area contributed by atoms with Gasteiger partial charge in [0.05, 0.1) is 12.0 Å². The van der Waals surface area contributed by atoms with Gasteiger partial charge >= 0.3 is 11.9 Å². The van der Waals surface area contributed by atoms with Crippen LogP contribution in [0.4, 0.5) is 0 Å². The third-order valence-electron chi connectivity index (χ3n) is 5.55. The van der Waals surface area contributed by atoms with Gasteiger partial charge in [-0.25, -0.2) is 14.6 Å². The van der Waals surface area contributed by atoms with E-state index in [-0.39, 0.29) is 11.7 Å². The summed E-state index contributed by atoms with van der Waals surface area (Å²) in [7, 11) is 2.08. The van der Waals surface area contributed by atoms with Crippen molar-refractivity contribution in [1.82, 2.24) is 14.5 Å². The van der Waals surface area contributed by atoms with E-state index in [0.717, 1.165) is 53.5 Å². The van der Waals surface area contributed by atoms with Crippen molar-refractivity contribution in [3.8, 4) is 0 Å². The number of rotatable bonds is 4. The number of nitrogens with zero attached hydrogens (tertiary/aromatic N) is 2. The zero-order valence-electron chi connectivity index (χ0n) is 17.5. The van der Waals surface area contributed by atoms with Crippen molar-refractivity contribution < 1.29 is 24.6 Å². The summed E-state index contributed by atoms with van der Waals surface area (Å²) < 4.78 is 2.20. The van der Waals surface area contributed by atoms with Gasteiger partial charge in [-0.15, -0.1) is 0 Å². The maximum atomic E-state index is 13.3. The summed E-state index contributed by atoms with van der Waals surface area (Å²) in [6.45, 7) is 2.02. The van der Waals surface area contributed by atoms with Crippen LogP contribution in [0.3, 0.4) is 0 Å². The zero-order valence-corrected chi connectivity index (χ0v) is 17.5. The number of carboxylic acid groups (broad SMARTS) is 2. The summed E-state index contributed by atoms with van der Waals surface area (Å²) in [6.07, 6.45) is 6.53. The van der Waals surface area contributed by atoms with Crippen molar-refractivity contribution in [3.63, 3.8) is 0 Å². The third-order valence-corrected chi connectivity index (χ3v) is 5.55. The average Bonchev–Trinajstić information content (AvgIpc) is 3.21. The molecule has 2 heterocycles. The lowest BCUT2D eigenvalue weighted by atomic mass is 9.90. The Morgan fingerprint density at radius 1 is 1.23 bits per heavy atom. The number of hydrogen-bond donors (Lipinski definition) is 3. The van der Waals surface area contributed by atoms with Gasteiger partial charge in [-0.1, -0.05) is 18.2 Å². The number of H-pyrrole nitrogens is 1. The monoisotopic (exact) mass is 423 g/mol. The van der Waals surface area contributed by atoms with E-state index < -0.39 is 11.9 Å². The number of nitrogens with one attached hydrogen (secondary N) is 1.